The van der Waals surface area contributed by atoms with Gasteiger partial charge in [-0.1, -0.05) is 0 Å². The van der Waals surface area contributed by atoms with Gasteiger partial charge in [0.2, 0.25) is 0 Å². The average molecular weight is 288 g/mol. The Labute approximate surface area is 118 Å². The van der Waals surface area contributed by atoms with E-state index in [2.05, 4.69) is 15.4 Å². The highest BCUT2D eigenvalue weighted by Gasteiger charge is 2.14. The van der Waals surface area contributed by atoms with E-state index in [0.717, 1.165) is 12.1 Å². The van der Waals surface area contributed by atoms with Crippen molar-refractivity contribution in [3.63, 3.8) is 0 Å². The van der Waals surface area contributed by atoms with Crippen molar-refractivity contribution in [3.8, 4) is 0 Å². The smallest absolute Gasteiger partial charge is 0.274 e. The summed E-state index contributed by atoms with van der Waals surface area (Å²) >= 11 is 0. The summed E-state index contributed by atoms with van der Waals surface area (Å²) in [5.74, 6) is -2.11. The van der Waals surface area contributed by atoms with Gasteiger partial charge in [-0.3, -0.25) is 4.79 Å². The molecule has 0 saturated carbocycles. The summed E-state index contributed by atoms with van der Waals surface area (Å²) in [4.78, 5) is 16.3. The van der Waals surface area contributed by atoms with Gasteiger partial charge in [-0.25, -0.2) is 18.3 Å². The monoisotopic (exact) mass is 288 g/mol. The van der Waals surface area contributed by atoms with Crippen molar-refractivity contribution >= 4 is 17.2 Å². The van der Waals surface area contributed by atoms with Crippen LogP contribution in [0.1, 0.15) is 16.2 Å². The Bertz CT molecular complexity index is 844. The molecular weight excluding hydrogens is 278 g/mol. The van der Waals surface area contributed by atoms with Gasteiger partial charge in [0.15, 0.2) is 5.65 Å². The lowest BCUT2D eigenvalue weighted by atomic mass is 10.3. The maximum absolute atomic E-state index is 13.6. The quantitative estimate of drug-likeness (QED) is 0.788. The van der Waals surface area contributed by atoms with E-state index in [0.29, 0.717) is 17.4 Å². The standard InChI is InChI=1S/C14H10F2N4O/c1-8-6-13-17-5-4-12(20(13)19-8)14(21)18-11-3-2-9(15)7-10(11)16/h2-7H,1H3,(H,18,21). The summed E-state index contributed by atoms with van der Waals surface area (Å²) in [5.41, 5.74) is 1.32. The number of benzene rings is 1. The summed E-state index contributed by atoms with van der Waals surface area (Å²) in [6.07, 6.45) is 1.46. The highest BCUT2D eigenvalue weighted by molar-refractivity contribution is 6.03. The lowest BCUT2D eigenvalue weighted by Gasteiger charge is -2.07. The summed E-state index contributed by atoms with van der Waals surface area (Å²) in [6, 6.07) is 6.12. The van der Waals surface area contributed by atoms with Crippen LogP contribution in [0.2, 0.25) is 0 Å². The second kappa shape index (κ2) is 4.93. The molecule has 0 spiro atoms. The van der Waals surface area contributed by atoms with Crippen LogP contribution in [0.15, 0.2) is 36.5 Å². The maximum atomic E-state index is 13.6. The number of halogens is 2. The van der Waals surface area contributed by atoms with Gasteiger partial charge in [0, 0.05) is 18.3 Å². The number of aryl methyl sites for hydroxylation is 1. The largest absolute Gasteiger partial charge is 0.318 e. The second-order valence-corrected chi connectivity index (χ2v) is 4.46. The van der Waals surface area contributed by atoms with E-state index in [1.54, 1.807) is 13.0 Å². The molecule has 7 heteroatoms. The average Bonchev–Trinajstić information content (AvgIpc) is 2.81. The molecule has 0 saturated heterocycles. The molecule has 1 aromatic carbocycles. The number of nitrogens with zero attached hydrogens (tertiary/aromatic N) is 3. The van der Waals surface area contributed by atoms with Crippen molar-refractivity contribution in [2.24, 2.45) is 0 Å². The zero-order valence-corrected chi connectivity index (χ0v) is 11.0. The van der Waals surface area contributed by atoms with Gasteiger partial charge in [0.1, 0.15) is 17.3 Å². The van der Waals surface area contributed by atoms with Crippen molar-refractivity contribution in [3.05, 3.63) is 59.6 Å². The Morgan fingerprint density at radius 1 is 1.24 bits per heavy atom. The van der Waals surface area contributed by atoms with Gasteiger partial charge < -0.3 is 5.32 Å². The molecular formula is C14H10F2N4O. The van der Waals surface area contributed by atoms with Gasteiger partial charge in [-0.2, -0.15) is 5.10 Å². The van der Waals surface area contributed by atoms with Crippen LogP contribution in [0.5, 0.6) is 0 Å². The molecule has 0 aliphatic heterocycles. The van der Waals surface area contributed by atoms with Gasteiger partial charge in [0.25, 0.3) is 5.91 Å². The number of rotatable bonds is 2. The second-order valence-electron chi connectivity index (χ2n) is 4.46. The lowest BCUT2D eigenvalue weighted by Crippen LogP contribution is -2.17. The first-order chi connectivity index (χ1) is 10.0. The normalized spacial score (nSPS) is 10.8. The van der Waals surface area contributed by atoms with Crippen molar-refractivity contribution in [1.29, 1.82) is 0 Å². The molecule has 0 fully saturated rings. The Balaban J connectivity index is 1.97. The Kier molecular flexibility index (Phi) is 3.09. The minimum atomic E-state index is -0.842. The van der Waals surface area contributed by atoms with Crippen LogP contribution in [-0.4, -0.2) is 20.5 Å². The molecule has 0 aliphatic carbocycles. The third-order valence-corrected chi connectivity index (χ3v) is 2.89. The minimum absolute atomic E-state index is 0.102. The molecule has 0 unspecified atom stereocenters. The van der Waals surface area contributed by atoms with Crippen LogP contribution < -0.4 is 5.32 Å². The summed E-state index contributed by atoms with van der Waals surface area (Å²) < 4.78 is 27.8. The highest BCUT2D eigenvalue weighted by atomic mass is 19.1. The van der Waals surface area contributed by atoms with Gasteiger partial charge in [-0.15, -0.1) is 0 Å². The third kappa shape index (κ3) is 2.45. The number of aromatic nitrogens is 3. The van der Waals surface area contributed by atoms with Crippen LogP contribution in [0.3, 0.4) is 0 Å². The number of nitrogens with one attached hydrogen (secondary N) is 1. The molecule has 106 valence electrons. The summed E-state index contributed by atoms with van der Waals surface area (Å²) in [5, 5.41) is 6.54. The van der Waals surface area contributed by atoms with Crippen molar-refractivity contribution in [2.45, 2.75) is 6.92 Å². The molecule has 3 aromatic rings. The zero-order chi connectivity index (χ0) is 15.0. The third-order valence-electron chi connectivity index (χ3n) is 2.89. The predicted molar refractivity (Wildman–Crippen MR) is 72.0 cm³/mol. The van der Waals surface area contributed by atoms with Crippen LogP contribution in [0.4, 0.5) is 14.5 Å². The van der Waals surface area contributed by atoms with Crippen LogP contribution >= 0.6 is 0 Å². The van der Waals surface area contributed by atoms with E-state index < -0.39 is 17.5 Å². The van der Waals surface area contributed by atoms with Crippen LogP contribution in [0, 0.1) is 18.6 Å². The zero-order valence-electron chi connectivity index (χ0n) is 11.0. The molecule has 0 atom stereocenters. The number of carbonyl (C=O) groups is 1. The lowest BCUT2D eigenvalue weighted by molar-refractivity contribution is 0.101. The molecule has 2 heterocycles. The van der Waals surface area contributed by atoms with Crippen LogP contribution in [0.25, 0.3) is 5.65 Å². The van der Waals surface area contributed by atoms with Gasteiger partial charge in [-0.05, 0) is 25.1 Å². The van der Waals surface area contributed by atoms with Crippen molar-refractivity contribution < 1.29 is 13.6 Å². The van der Waals surface area contributed by atoms with Gasteiger partial charge in [0.05, 0.1) is 11.4 Å². The molecule has 0 bridgehead atoms. The fraction of sp³-hybridized carbons (Fsp3) is 0.0714. The summed E-state index contributed by atoms with van der Waals surface area (Å²) in [7, 11) is 0. The predicted octanol–water partition coefficient (Wildman–Crippen LogP) is 2.57. The van der Waals surface area contributed by atoms with E-state index in [1.807, 2.05) is 0 Å². The number of hydrogen-bond donors (Lipinski definition) is 1. The molecule has 5 nitrogen and oxygen atoms in total. The first kappa shape index (κ1) is 13.2. The first-order valence-corrected chi connectivity index (χ1v) is 6.12. The van der Waals surface area contributed by atoms with Crippen LogP contribution in [-0.2, 0) is 0 Å². The number of fused-ring (bicyclic) bond motifs is 1. The van der Waals surface area contributed by atoms with E-state index in [1.165, 1.54) is 16.8 Å². The van der Waals surface area contributed by atoms with E-state index in [4.69, 9.17) is 0 Å². The number of carbonyl (C=O) groups excluding carboxylic acids is 1. The van der Waals surface area contributed by atoms with Gasteiger partial charge >= 0.3 is 0 Å². The molecule has 21 heavy (non-hydrogen) atoms. The van der Waals surface area contributed by atoms with E-state index >= 15 is 0 Å². The Hall–Kier alpha value is -2.83. The van der Waals surface area contributed by atoms with E-state index in [-0.39, 0.29) is 11.4 Å². The number of amides is 1. The molecule has 1 N–H and O–H groups in total. The number of anilines is 1. The highest BCUT2D eigenvalue weighted by Crippen LogP contribution is 2.16. The molecule has 1 amide bonds. The Morgan fingerprint density at radius 2 is 2.05 bits per heavy atom. The molecule has 3 rings (SSSR count). The fourth-order valence-electron chi connectivity index (χ4n) is 1.96. The molecule has 2 aromatic heterocycles. The summed E-state index contributed by atoms with van der Waals surface area (Å²) in [6.45, 7) is 1.77. The SMILES string of the molecule is Cc1cc2nccc(C(=O)Nc3ccc(F)cc3F)n2n1. The Morgan fingerprint density at radius 3 is 2.81 bits per heavy atom. The van der Waals surface area contributed by atoms with E-state index in [9.17, 15) is 13.6 Å². The first-order valence-electron chi connectivity index (χ1n) is 6.12. The molecule has 0 radical (unpaired) electrons. The number of hydrogen-bond acceptors (Lipinski definition) is 3. The topological polar surface area (TPSA) is 59.3 Å². The van der Waals surface area contributed by atoms with Crippen molar-refractivity contribution in [1.82, 2.24) is 14.6 Å². The maximum Gasteiger partial charge on any atom is 0.274 e. The molecule has 0 aliphatic rings. The minimum Gasteiger partial charge on any atom is -0.318 e. The van der Waals surface area contributed by atoms with Crippen molar-refractivity contribution in [2.75, 3.05) is 5.32 Å². The fourth-order valence-corrected chi connectivity index (χ4v) is 1.96.